The molecule has 0 aliphatic rings. The van der Waals surface area contributed by atoms with Crippen molar-refractivity contribution >= 4 is 0 Å². The van der Waals surface area contributed by atoms with Crippen LogP contribution in [0.5, 0.6) is 0 Å². The second kappa shape index (κ2) is 4.61. The van der Waals surface area contributed by atoms with Crippen LogP contribution in [-0.2, 0) is 0 Å². The maximum Gasteiger partial charge on any atom is 0.261 e. The molecule has 0 atom stereocenters. The second-order valence-corrected chi connectivity index (χ2v) is 4.31. The van der Waals surface area contributed by atoms with Crippen LogP contribution in [0.1, 0.15) is 11.4 Å². The van der Waals surface area contributed by atoms with Crippen LogP contribution in [-0.4, -0.2) is 20.1 Å². The van der Waals surface area contributed by atoms with Crippen molar-refractivity contribution in [1.82, 2.24) is 20.1 Å². The van der Waals surface area contributed by atoms with Crippen molar-refractivity contribution in [3.8, 4) is 22.8 Å². The van der Waals surface area contributed by atoms with Crippen LogP contribution in [0.15, 0.2) is 41.2 Å². The molecule has 2 heterocycles. The number of rotatable bonds is 2. The summed E-state index contributed by atoms with van der Waals surface area (Å²) in [7, 11) is 0. The zero-order valence-electron chi connectivity index (χ0n) is 10.7. The Kier molecular flexibility index (Phi) is 2.79. The number of nitrogens with zero attached hydrogens (tertiary/aromatic N) is 4. The number of aromatic nitrogens is 4. The first-order valence-corrected chi connectivity index (χ1v) is 5.92. The molecule has 5 heteroatoms. The molecular formula is C14H12N4O. The molecule has 0 unspecified atom stereocenters. The van der Waals surface area contributed by atoms with E-state index in [1.807, 2.05) is 38.1 Å². The molecule has 0 aliphatic heterocycles. The van der Waals surface area contributed by atoms with E-state index in [9.17, 15) is 0 Å². The smallest absolute Gasteiger partial charge is 0.261 e. The van der Waals surface area contributed by atoms with Crippen LogP contribution in [0.3, 0.4) is 0 Å². The maximum absolute atomic E-state index is 5.24. The van der Waals surface area contributed by atoms with E-state index in [1.165, 1.54) is 0 Å². The van der Waals surface area contributed by atoms with Gasteiger partial charge in [-0.15, -0.1) is 0 Å². The quantitative estimate of drug-likeness (QED) is 0.701. The highest BCUT2D eigenvalue weighted by Crippen LogP contribution is 2.21. The lowest BCUT2D eigenvalue weighted by atomic mass is 10.1. The Labute approximate surface area is 110 Å². The van der Waals surface area contributed by atoms with Gasteiger partial charge >= 0.3 is 0 Å². The third kappa shape index (κ3) is 2.35. The standard InChI is InChI=1S/C14H12N4O/c1-9-4-3-5-11(6-9)13-17-14(19-18-13)12-7-15-10(2)16-8-12/h3-8H,1-2H3. The molecule has 0 saturated heterocycles. The highest BCUT2D eigenvalue weighted by molar-refractivity contribution is 5.59. The Bertz CT molecular complexity index is 703. The average molecular weight is 252 g/mol. The summed E-state index contributed by atoms with van der Waals surface area (Å²) in [6.45, 7) is 3.86. The Morgan fingerprint density at radius 1 is 1.00 bits per heavy atom. The Hall–Kier alpha value is -2.56. The van der Waals surface area contributed by atoms with Gasteiger partial charge in [-0.05, 0) is 19.9 Å². The molecule has 0 saturated carbocycles. The molecule has 0 fully saturated rings. The van der Waals surface area contributed by atoms with E-state index in [-0.39, 0.29) is 0 Å². The molecule has 3 rings (SSSR count). The van der Waals surface area contributed by atoms with Crippen molar-refractivity contribution in [1.29, 1.82) is 0 Å². The second-order valence-electron chi connectivity index (χ2n) is 4.31. The van der Waals surface area contributed by atoms with Crippen molar-refractivity contribution in [2.24, 2.45) is 0 Å². The summed E-state index contributed by atoms with van der Waals surface area (Å²) >= 11 is 0. The van der Waals surface area contributed by atoms with Gasteiger partial charge in [0.15, 0.2) is 0 Å². The van der Waals surface area contributed by atoms with Crippen molar-refractivity contribution < 1.29 is 4.52 Å². The van der Waals surface area contributed by atoms with Gasteiger partial charge in [-0.25, -0.2) is 9.97 Å². The van der Waals surface area contributed by atoms with Crippen LogP contribution in [0.4, 0.5) is 0 Å². The van der Waals surface area contributed by atoms with Crippen LogP contribution in [0, 0.1) is 13.8 Å². The van der Waals surface area contributed by atoms with Crippen LogP contribution >= 0.6 is 0 Å². The zero-order valence-corrected chi connectivity index (χ0v) is 10.7. The largest absolute Gasteiger partial charge is 0.333 e. The van der Waals surface area contributed by atoms with E-state index in [1.54, 1.807) is 12.4 Å². The molecule has 0 radical (unpaired) electrons. The number of aryl methyl sites for hydroxylation is 2. The first-order valence-electron chi connectivity index (χ1n) is 5.92. The van der Waals surface area contributed by atoms with Gasteiger partial charge in [0.2, 0.25) is 5.82 Å². The Morgan fingerprint density at radius 3 is 2.53 bits per heavy atom. The summed E-state index contributed by atoms with van der Waals surface area (Å²) in [4.78, 5) is 12.6. The van der Waals surface area contributed by atoms with Gasteiger partial charge in [0.25, 0.3) is 5.89 Å². The number of hydrogen-bond donors (Lipinski definition) is 0. The van der Waals surface area contributed by atoms with E-state index in [0.29, 0.717) is 17.5 Å². The third-order valence-corrected chi connectivity index (χ3v) is 2.73. The first-order chi connectivity index (χ1) is 9.22. The summed E-state index contributed by atoms with van der Waals surface area (Å²) in [5.41, 5.74) is 2.81. The van der Waals surface area contributed by atoms with Gasteiger partial charge < -0.3 is 4.52 Å². The molecule has 1 aromatic carbocycles. The van der Waals surface area contributed by atoms with Gasteiger partial charge in [0, 0.05) is 18.0 Å². The molecular weight excluding hydrogens is 240 g/mol. The fraction of sp³-hybridized carbons (Fsp3) is 0.143. The highest BCUT2D eigenvalue weighted by atomic mass is 16.5. The van der Waals surface area contributed by atoms with Gasteiger partial charge in [0.05, 0.1) is 5.56 Å². The van der Waals surface area contributed by atoms with Gasteiger partial charge in [-0.3, -0.25) is 0 Å². The lowest BCUT2D eigenvalue weighted by Crippen LogP contribution is -1.87. The van der Waals surface area contributed by atoms with Gasteiger partial charge in [0.1, 0.15) is 5.82 Å². The molecule has 0 N–H and O–H groups in total. The van der Waals surface area contributed by atoms with Crippen molar-refractivity contribution in [2.45, 2.75) is 13.8 Å². The number of hydrogen-bond acceptors (Lipinski definition) is 5. The van der Waals surface area contributed by atoms with E-state index in [2.05, 4.69) is 20.1 Å². The van der Waals surface area contributed by atoms with E-state index in [0.717, 1.165) is 16.7 Å². The lowest BCUT2D eigenvalue weighted by Gasteiger charge is -1.95. The van der Waals surface area contributed by atoms with Crippen molar-refractivity contribution in [3.05, 3.63) is 48.0 Å². The lowest BCUT2D eigenvalue weighted by molar-refractivity contribution is 0.432. The summed E-state index contributed by atoms with van der Waals surface area (Å²) in [6, 6.07) is 7.96. The molecule has 5 nitrogen and oxygen atoms in total. The van der Waals surface area contributed by atoms with Crippen LogP contribution in [0.2, 0.25) is 0 Å². The normalized spacial score (nSPS) is 10.6. The highest BCUT2D eigenvalue weighted by Gasteiger charge is 2.11. The maximum atomic E-state index is 5.24. The predicted octanol–water partition coefficient (Wildman–Crippen LogP) is 2.81. The molecule has 2 aromatic heterocycles. The van der Waals surface area contributed by atoms with E-state index < -0.39 is 0 Å². The first kappa shape index (κ1) is 11.5. The predicted molar refractivity (Wildman–Crippen MR) is 70.2 cm³/mol. The Morgan fingerprint density at radius 2 is 1.79 bits per heavy atom. The zero-order chi connectivity index (χ0) is 13.2. The minimum Gasteiger partial charge on any atom is -0.333 e. The molecule has 0 aliphatic carbocycles. The van der Waals surface area contributed by atoms with Gasteiger partial charge in [-0.2, -0.15) is 4.98 Å². The Balaban J connectivity index is 1.97. The summed E-state index contributed by atoms with van der Waals surface area (Å²) in [6.07, 6.45) is 3.35. The monoisotopic (exact) mass is 252 g/mol. The topological polar surface area (TPSA) is 64.7 Å². The van der Waals surface area contributed by atoms with Crippen LogP contribution < -0.4 is 0 Å². The summed E-state index contributed by atoms with van der Waals surface area (Å²) in [5, 5.41) is 3.98. The van der Waals surface area contributed by atoms with E-state index >= 15 is 0 Å². The minimum absolute atomic E-state index is 0.427. The molecule has 0 spiro atoms. The molecule has 94 valence electrons. The fourth-order valence-electron chi connectivity index (χ4n) is 1.75. The summed E-state index contributed by atoms with van der Waals surface area (Å²) < 4.78 is 5.24. The summed E-state index contributed by atoms with van der Waals surface area (Å²) in [5.74, 6) is 1.71. The van der Waals surface area contributed by atoms with Crippen molar-refractivity contribution in [3.63, 3.8) is 0 Å². The molecule has 0 bridgehead atoms. The average Bonchev–Trinajstić information content (AvgIpc) is 2.89. The fourth-order valence-corrected chi connectivity index (χ4v) is 1.75. The minimum atomic E-state index is 0.427. The van der Waals surface area contributed by atoms with Gasteiger partial charge in [-0.1, -0.05) is 28.9 Å². The third-order valence-electron chi connectivity index (χ3n) is 2.73. The number of benzene rings is 1. The molecule has 19 heavy (non-hydrogen) atoms. The molecule has 0 amide bonds. The van der Waals surface area contributed by atoms with Crippen molar-refractivity contribution in [2.75, 3.05) is 0 Å². The van der Waals surface area contributed by atoms with E-state index in [4.69, 9.17) is 4.52 Å². The molecule has 3 aromatic rings. The van der Waals surface area contributed by atoms with Crippen LogP contribution in [0.25, 0.3) is 22.8 Å². The SMILES string of the molecule is Cc1cccc(-c2noc(-c3cnc(C)nc3)n2)c1.